The van der Waals surface area contributed by atoms with Crippen LogP contribution in [0.2, 0.25) is 0 Å². The molecule has 2 rings (SSSR count). The zero-order valence-electron chi connectivity index (χ0n) is 12.5. The van der Waals surface area contributed by atoms with Gasteiger partial charge in [0.1, 0.15) is 10.7 Å². The number of hydrogen-bond acceptors (Lipinski definition) is 6. The third kappa shape index (κ3) is 3.24. The molecule has 1 atom stereocenters. The molecule has 2 aromatic rings. The van der Waals surface area contributed by atoms with E-state index in [0.29, 0.717) is 0 Å². The van der Waals surface area contributed by atoms with Gasteiger partial charge in [-0.3, -0.25) is 0 Å². The van der Waals surface area contributed by atoms with E-state index in [1.54, 1.807) is 11.3 Å². The Hall–Kier alpha value is -0.850. The quantitative estimate of drug-likeness (QED) is 0.626. The number of nitrogens with two attached hydrogens (primary N) is 1. The summed E-state index contributed by atoms with van der Waals surface area (Å²) < 4.78 is 0. The van der Waals surface area contributed by atoms with Crippen molar-refractivity contribution in [2.45, 2.75) is 39.9 Å². The van der Waals surface area contributed by atoms with Crippen molar-refractivity contribution in [1.82, 2.24) is 9.97 Å². The number of aromatic nitrogens is 2. The molecule has 110 valence electrons. The second-order valence-corrected chi connectivity index (χ2v) is 7.36. The summed E-state index contributed by atoms with van der Waals surface area (Å²) >= 11 is 3.60. The highest BCUT2D eigenvalue weighted by molar-refractivity contribution is 7.98. The van der Waals surface area contributed by atoms with Crippen LogP contribution in [0.1, 0.15) is 36.5 Å². The van der Waals surface area contributed by atoms with E-state index >= 15 is 0 Å². The van der Waals surface area contributed by atoms with Gasteiger partial charge < -0.3 is 5.43 Å². The van der Waals surface area contributed by atoms with Gasteiger partial charge in [0, 0.05) is 4.88 Å². The maximum absolute atomic E-state index is 5.62. The number of nitrogens with zero attached hydrogens (tertiary/aromatic N) is 2. The summed E-state index contributed by atoms with van der Waals surface area (Å²) in [5.74, 6) is 9.95. The lowest BCUT2D eigenvalue weighted by atomic mass is 10.2. The Morgan fingerprint density at radius 1 is 1.35 bits per heavy atom. The number of anilines is 1. The molecule has 0 amide bonds. The van der Waals surface area contributed by atoms with Crippen molar-refractivity contribution in [2.75, 3.05) is 11.2 Å². The fourth-order valence-corrected chi connectivity index (χ4v) is 4.05. The fourth-order valence-electron chi connectivity index (χ4n) is 1.93. The molecule has 0 aliphatic rings. The zero-order chi connectivity index (χ0) is 14.7. The van der Waals surface area contributed by atoms with Crippen LogP contribution in [-0.2, 0) is 5.75 Å². The average molecular weight is 310 g/mol. The topological polar surface area (TPSA) is 63.8 Å². The molecular formula is C14H22N4S2. The van der Waals surface area contributed by atoms with Crippen LogP contribution in [-0.4, -0.2) is 15.7 Å². The first-order chi connectivity index (χ1) is 9.56. The molecule has 0 aromatic carbocycles. The van der Waals surface area contributed by atoms with E-state index in [1.807, 2.05) is 11.8 Å². The van der Waals surface area contributed by atoms with Crippen LogP contribution in [0.5, 0.6) is 0 Å². The summed E-state index contributed by atoms with van der Waals surface area (Å²) in [6, 6.07) is 0. The molecule has 20 heavy (non-hydrogen) atoms. The number of nitrogens with one attached hydrogen (secondary N) is 1. The van der Waals surface area contributed by atoms with Gasteiger partial charge in [0.15, 0.2) is 5.82 Å². The van der Waals surface area contributed by atoms with E-state index in [4.69, 9.17) is 5.84 Å². The Morgan fingerprint density at radius 3 is 2.75 bits per heavy atom. The number of fused-ring (bicyclic) bond motifs is 1. The molecule has 0 saturated heterocycles. The third-order valence-electron chi connectivity index (χ3n) is 3.54. The molecule has 0 aliphatic heterocycles. The lowest BCUT2D eigenvalue weighted by Crippen LogP contribution is -2.11. The second kappa shape index (κ2) is 6.74. The molecule has 0 saturated carbocycles. The first kappa shape index (κ1) is 15.5. The Labute approximate surface area is 128 Å². The smallest absolute Gasteiger partial charge is 0.152 e. The van der Waals surface area contributed by atoms with Gasteiger partial charge in [-0.25, -0.2) is 15.8 Å². The van der Waals surface area contributed by atoms with Crippen molar-refractivity contribution in [3.8, 4) is 0 Å². The standard InChI is InChI=1S/C14H22N4S2/c1-5-8(2)6-19-7-11-16-13(18-15)12-9(3)10(4)20-14(12)17-11/h8H,5-7,15H2,1-4H3,(H,16,17,18). The van der Waals surface area contributed by atoms with Gasteiger partial charge in [-0.2, -0.15) is 11.8 Å². The number of thiophene rings is 1. The molecule has 1 unspecified atom stereocenters. The maximum atomic E-state index is 5.62. The van der Waals surface area contributed by atoms with Crippen molar-refractivity contribution in [3.05, 3.63) is 16.3 Å². The Balaban J connectivity index is 2.23. The molecule has 0 radical (unpaired) electrons. The fraction of sp³-hybridized carbons (Fsp3) is 0.571. The van der Waals surface area contributed by atoms with Crippen molar-refractivity contribution in [2.24, 2.45) is 11.8 Å². The first-order valence-corrected chi connectivity index (χ1v) is 8.84. The summed E-state index contributed by atoms with van der Waals surface area (Å²) in [5, 5.41) is 1.06. The molecule has 3 N–H and O–H groups in total. The normalized spacial score (nSPS) is 12.8. The van der Waals surface area contributed by atoms with E-state index in [9.17, 15) is 0 Å². The van der Waals surface area contributed by atoms with Crippen LogP contribution in [0.4, 0.5) is 5.82 Å². The molecule has 0 spiro atoms. The van der Waals surface area contributed by atoms with Gasteiger partial charge in [-0.1, -0.05) is 20.3 Å². The number of rotatable bonds is 6. The van der Waals surface area contributed by atoms with Crippen molar-refractivity contribution >= 4 is 39.1 Å². The molecule has 4 nitrogen and oxygen atoms in total. The largest absolute Gasteiger partial charge is 0.308 e. The molecule has 0 aliphatic carbocycles. The summed E-state index contributed by atoms with van der Waals surface area (Å²) in [5.41, 5.74) is 3.94. The molecule has 0 bridgehead atoms. The Morgan fingerprint density at radius 2 is 2.10 bits per heavy atom. The molecular weight excluding hydrogens is 288 g/mol. The van der Waals surface area contributed by atoms with Crippen LogP contribution in [0, 0.1) is 19.8 Å². The third-order valence-corrected chi connectivity index (χ3v) is 5.91. The molecule has 0 fully saturated rings. The van der Waals surface area contributed by atoms with Gasteiger partial charge in [-0.15, -0.1) is 11.3 Å². The van der Waals surface area contributed by atoms with Crippen molar-refractivity contribution in [3.63, 3.8) is 0 Å². The second-order valence-electron chi connectivity index (χ2n) is 5.12. The van der Waals surface area contributed by atoms with Gasteiger partial charge in [-0.05, 0) is 31.1 Å². The summed E-state index contributed by atoms with van der Waals surface area (Å²) in [4.78, 5) is 11.5. The van der Waals surface area contributed by atoms with E-state index in [-0.39, 0.29) is 0 Å². The van der Waals surface area contributed by atoms with Gasteiger partial charge in [0.2, 0.25) is 0 Å². The number of hydrazine groups is 1. The lowest BCUT2D eigenvalue weighted by molar-refractivity contribution is 0.636. The SMILES string of the molecule is CCC(C)CSCc1nc(NN)c2c(C)c(C)sc2n1. The highest BCUT2D eigenvalue weighted by atomic mass is 32.2. The van der Waals surface area contributed by atoms with E-state index < -0.39 is 0 Å². The minimum Gasteiger partial charge on any atom is -0.308 e. The lowest BCUT2D eigenvalue weighted by Gasteiger charge is -2.08. The molecule has 6 heteroatoms. The minimum absolute atomic E-state index is 0.738. The summed E-state index contributed by atoms with van der Waals surface area (Å²) in [6.07, 6.45) is 1.21. The van der Waals surface area contributed by atoms with Crippen LogP contribution in [0.3, 0.4) is 0 Å². The van der Waals surface area contributed by atoms with Gasteiger partial charge in [0.25, 0.3) is 0 Å². The van der Waals surface area contributed by atoms with E-state index in [2.05, 4.69) is 43.1 Å². The number of aryl methyl sites for hydroxylation is 2. The predicted octanol–water partition coefficient (Wildman–Crippen LogP) is 3.87. The number of nitrogen functional groups attached to an aromatic ring is 1. The average Bonchev–Trinajstić information content (AvgIpc) is 2.73. The van der Waals surface area contributed by atoms with Crippen LogP contribution in [0.15, 0.2) is 0 Å². The van der Waals surface area contributed by atoms with Gasteiger partial charge in [0.05, 0.1) is 11.1 Å². The van der Waals surface area contributed by atoms with Crippen LogP contribution < -0.4 is 11.3 Å². The zero-order valence-corrected chi connectivity index (χ0v) is 14.1. The Bertz CT molecular complexity index is 594. The summed E-state index contributed by atoms with van der Waals surface area (Å²) in [7, 11) is 0. The number of thioether (sulfide) groups is 1. The molecule has 2 heterocycles. The monoisotopic (exact) mass is 310 g/mol. The van der Waals surface area contributed by atoms with Crippen LogP contribution >= 0.6 is 23.1 Å². The number of hydrogen-bond donors (Lipinski definition) is 2. The van der Waals surface area contributed by atoms with Crippen molar-refractivity contribution < 1.29 is 0 Å². The predicted molar refractivity (Wildman–Crippen MR) is 90.3 cm³/mol. The highest BCUT2D eigenvalue weighted by Crippen LogP contribution is 2.33. The van der Waals surface area contributed by atoms with Gasteiger partial charge >= 0.3 is 0 Å². The minimum atomic E-state index is 0.738. The Kier molecular flexibility index (Phi) is 5.23. The van der Waals surface area contributed by atoms with E-state index in [1.165, 1.54) is 16.9 Å². The molecule has 2 aromatic heterocycles. The van der Waals surface area contributed by atoms with E-state index in [0.717, 1.165) is 39.3 Å². The van der Waals surface area contributed by atoms with Crippen LogP contribution in [0.25, 0.3) is 10.2 Å². The maximum Gasteiger partial charge on any atom is 0.152 e. The van der Waals surface area contributed by atoms with Crippen molar-refractivity contribution in [1.29, 1.82) is 0 Å². The first-order valence-electron chi connectivity index (χ1n) is 6.87. The highest BCUT2D eigenvalue weighted by Gasteiger charge is 2.14. The summed E-state index contributed by atoms with van der Waals surface area (Å²) in [6.45, 7) is 8.70.